The van der Waals surface area contributed by atoms with E-state index in [0.29, 0.717) is 11.5 Å². The van der Waals surface area contributed by atoms with Gasteiger partial charge in [0.2, 0.25) is 0 Å². The van der Waals surface area contributed by atoms with E-state index < -0.39 is 5.82 Å². The van der Waals surface area contributed by atoms with Gasteiger partial charge in [0.1, 0.15) is 23.8 Å². The minimum absolute atomic E-state index is 0.0699. The molecule has 25 heavy (non-hydrogen) atoms. The van der Waals surface area contributed by atoms with Crippen LogP contribution < -0.4 is 10.6 Å². The van der Waals surface area contributed by atoms with Crippen molar-refractivity contribution in [3.8, 4) is 0 Å². The Balaban J connectivity index is 1.48. The molecule has 0 aliphatic carbocycles. The van der Waals surface area contributed by atoms with E-state index in [1.54, 1.807) is 6.07 Å². The van der Waals surface area contributed by atoms with Crippen LogP contribution in [0.1, 0.15) is 6.42 Å². The molecule has 1 aliphatic heterocycles. The molecule has 8 heteroatoms. The fourth-order valence-corrected chi connectivity index (χ4v) is 2.77. The second-order valence-electron chi connectivity index (χ2n) is 5.78. The SMILES string of the molecule is Fc1ccc(Nc2cc(NCCCN3CCOCC3)ncn2)cc1Cl. The van der Waals surface area contributed by atoms with Crippen LogP contribution in [0.3, 0.4) is 0 Å². The number of halogens is 2. The largest absolute Gasteiger partial charge is 0.379 e. The van der Waals surface area contributed by atoms with Gasteiger partial charge in [0.25, 0.3) is 0 Å². The summed E-state index contributed by atoms with van der Waals surface area (Å²) in [5.74, 6) is 0.915. The Morgan fingerprint density at radius 2 is 1.96 bits per heavy atom. The quantitative estimate of drug-likeness (QED) is 0.735. The van der Waals surface area contributed by atoms with Crippen LogP contribution in [0, 0.1) is 5.82 Å². The predicted octanol–water partition coefficient (Wildman–Crippen LogP) is 3.15. The average molecular weight is 366 g/mol. The van der Waals surface area contributed by atoms with Crippen LogP contribution in [0.15, 0.2) is 30.6 Å². The normalized spacial score (nSPS) is 15.1. The lowest BCUT2D eigenvalue weighted by Gasteiger charge is -2.26. The van der Waals surface area contributed by atoms with Crippen molar-refractivity contribution in [1.82, 2.24) is 14.9 Å². The van der Waals surface area contributed by atoms with Gasteiger partial charge in [0.05, 0.1) is 18.2 Å². The van der Waals surface area contributed by atoms with Crippen molar-refractivity contribution in [1.29, 1.82) is 0 Å². The smallest absolute Gasteiger partial charge is 0.141 e. The van der Waals surface area contributed by atoms with Crippen molar-refractivity contribution >= 4 is 28.9 Å². The first-order valence-corrected chi connectivity index (χ1v) is 8.66. The Morgan fingerprint density at radius 3 is 2.76 bits per heavy atom. The summed E-state index contributed by atoms with van der Waals surface area (Å²) in [5.41, 5.74) is 0.670. The van der Waals surface area contributed by atoms with Crippen molar-refractivity contribution in [2.75, 3.05) is 50.0 Å². The van der Waals surface area contributed by atoms with Gasteiger partial charge in [-0.05, 0) is 31.2 Å². The lowest BCUT2D eigenvalue weighted by atomic mass is 10.3. The zero-order valence-electron chi connectivity index (χ0n) is 13.8. The summed E-state index contributed by atoms with van der Waals surface area (Å²) in [6, 6.07) is 6.26. The van der Waals surface area contributed by atoms with Crippen molar-refractivity contribution in [2.24, 2.45) is 0 Å². The van der Waals surface area contributed by atoms with Crippen LogP contribution in [0.5, 0.6) is 0 Å². The van der Waals surface area contributed by atoms with Gasteiger partial charge < -0.3 is 15.4 Å². The summed E-state index contributed by atoms with van der Waals surface area (Å²) in [4.78, 5) is 10.8. The molecule has 1 saturated heterocycles. The molecule has 1 aliphatic rings. The van der Waals surface area contributed by atoms with Crippen molar-refractivity contribution in [3.05, 3.63) is 41.4 Å². The van der Waals surface area contributed by atoms with E-state index in [1.807, 2.05) is 6.07 Å². The molecule has 0 amide bonds. The second kappa shape index (κ2) is 8.94. The standard InChI is InChI=1S/C17H21ClFN5O/c18-14-10-13(2-3-15(14)19)23-17-11-16(21-12-22-17)20-4-1-5-24-6-8-25-9-7-24/h2-3,10-12H,1,4-9H2,(H2,20,21,22,23). The molecule has 2 aromatic rings. The maximum absolute atomic E-state index is 13.2. The first kappa shape index (κ1) is 17.8. The molecule has 1 aromatic heterocycles. The fourth-order valence-electron chi connectivity index (χ4n) is 2.59. The van der Waals surface area contributed by atoms with Crippen LogP contribution in [-0.4, -0.2) is 54.3 Å². The van der Waals surface area contributed by atoms with E-state index in [1.165, 1.54) is 18.5 Å². The van der Waals surface area contributed by atoms with Crippen molar-refractivity contribution in [2.45, 2.75) is 6.42 Å². The van der Waals surface area contributed by atoms with Gasteiger partial charge in [0.15, 0.2) is 0 Å². The van der Waals surface area contributed by atoms with E-state index >= 15 is 0 Å². The molecule has 1 aromatic carbocycles. The molecule has 2 heterocycles. The Morgan fingerprint density at radius 1 is 1.16 bits per heavy atom. The monoisotopic (exact) mass is 365 g/mol. The highest BCUT2D eigenvalue weighted by atomic mass is 35.5. The molecule has 0 spiro atoms. The fraction of sp³-hybridized carbons (Fsp3) is 0.412. The van der Waals surface area contributed by atoms with Gasteiger partial charge in [-0.3, -0.25) is 4.90 Å². The Hall–Kier alpha value is -1.96. The van der Waals surface area contributed by atoms with E-state index in [-0.39, 0.29) is 5.02 Å². The molecule has 134 valence electrons. The number of aromatic nitrogens is 2. The predicted molar refractivity (Wildman–Crippen MR) is 97.1 cm³/mol. The summed E-state index contributed by atoms with van der Waals surface area (Å²) in [6.45, 7) is 5.52. The van der Waals surface area contributed by atoms with Gasteiger partial charge in [0, 0.05) is 31.4 Å². The van der Waals surface area contributed by atoms with Crippen LogP contribution >= 0.6 is 11.6 Å². The summed E-state index contributed by atoms with van der Waals surface area (Å²) < 4.78 is 18.5. The molecule has 0 unspecified atom stereocenters. The van der Waals surface area contributed by atoms with E-state index in [0.717, 1.165) is 51.6 Å². The van der Waals surface area contributed by atoms with E-state index in [4.69, 9.17) is 16.3 Å². The number of ether oxygens (including phenoxy) is 1. The first-order valence-electron chi connectivity index (χ1n) is 8.29. The number of rotatable bonds is 7. The van der Waals surface area contributed by atoms with Crippen LogP contribution in [0.25, 0.3) is 0 Å². The topological polar surface area (TPSA) is 62.3 Å². The van der Waals surface area contributed by atoms with Crippen LogP contribution in [0.2, 0.25) is 5.02 Å². The lowest BCUT2D eigenvalue weighted by molar-refractivity contribution is 0.0378. The molecule has 0 bridgehead atoms. The average Bonchev–Trinajstić information content (AvgIpc) is 2.63. The zero-order chi connectivity index (χ0) is 17.5. The molecular formula is C17H21ClFN5O. The molecule has 2 N–H and O–H groups in total. The lowest BCUT2D eigenvalue weighted by Crippen LogP contribution is -2.37. The maximum atomic E-state index is 13.2. The first-order chi connectivity index (χ1) is 12.2. The summed E-state index contributed by atoms with van der Waals surface area (Å²) in [7, 11) is 0. The molecule has 3 rings (SSSR count). The molecule has 6 nitrogen and oxygen atoms in total. The molecule has 0 radical (unpaired) electrons. The zero-order valence-corrected chi connectivity index (χ0v) is 14.6. The number of hydrogen-bond donors (Lipinski definition) is 2. The highest BCUT2D eigenvalue weighted by Crippen LogP contribution is 2.22. The van der Waals surface area contributed by atoms with Crippen molar-refractivity contribution < 1.29 is 9.13 Å². The van der Waals surface area contributed by atoms with Crippen molar-refractivity contribution in [3.63, 3.8) is 0 Å². The number of anilines is 3. The van der Waals surface area contributed by atoms with Gasteiger partial charge in [-0.15, -0.1) is 0 Å². The summed E-state index contributed by atoms with van der Waals surface area (Å²) in [6.07, 6.45) is 2.51. The van der Waals surface area contributed by atoms with Gasteiger partial charge in [-0.1, -0.05) is 11.6 Å². The minimum atomic E-state index is -0.447. The van der Waals surface area contributed by atoms with E-state index in [2.05, 4.69) is 25.5 Å². The highest BCUT2D eigenvalue weighted by Gasteiger charge is 2.09. The molecular weight excluding hydrogens is 345 g/mol. The third-order valence-electron chi connectivity index (χ3n) is 3.92. The number of benzene rings is 1. The Bertz CT molecular complexity index is 696. The summed E-state index contributed by atoms with van der Waals surface area (Å²) in [5, 5.41) is 6.46. The highest BCUT2D eigenvalue weighted by molar-refractivity contribution is 6.31. The second-order valence-corrected chi connectivity index (χ2v) is 6.18. The number of nitrogens with one attached hydrogen (secondary N) is 2. The number of hydrogen-bond acceptors (Lipinski definition) is 6. The third-order valence-corrected chi connectivity index (χ3v) is 4.21. The maximum Gasteiger partial charge on any atom is 0.141 e. The minimum Gasteiger partial charge on any atom is -0.379 e. The van der Waals surface area contributed by atoms with Gasteiger partial charge in [-0.2, -0.15) is 0 Å². The summed E-state index contributed by atoms with van der Waals surface area (Å²) >= 11 is 5.79. The van der Waals surface area contributed by atoms with Crippen LogP contribution in [0.4, 0.5) is 21.7 Å². The van der Waals surface area contributed by atoms with Gasteiger partial charge in [-0.25, -0.2) is 14.4 Å². The van der Waals surface area contributed by atoms with Crippen LogP contribution in [-0.2, 0) is 4.74 Å². The molecule has 1 fully saturated rings. The Kier molecular flexibility index (Phi) is 6.38. The number of morpholine rings is 1. The third kappa shape index (κ3) is 5.52. The molecule has 0 saturated carbocycles. The van der Waals surface area contributed by atoms with Gasteiger partial charge >= 0.3 is 0 Å². The number of nitrogens with zero attached hydrogens (tertiary/aromatic N) is 3. The van der Waals surface area contributed by atoms with E-state index in [9.17, 15) is 4.39 Å². The Labute approximate surface area is 151 Å². The molecule has 0 atom stereocenters.